The number of carbonyl (C=O) groups excluding carboxylic acids is 1. The van der Waals surface area contributed by atoms with E-state index in [1.165, 1.54) is 22.5 Å². The number of aryl methyl sites for hydroxylation is 3. The van der Waals surface area contributed by atoms with Gasteiger partial charge in [0.25, 0.3) is 5.91 Å². The molecule has 0 atom stereocenters. The van der Waals surface area contributed by atoms with Gasteiger partial charge in [-0.3, -0.25) is 4.79 Å². The zero-order valence-electron chi connectivity index (χ0n) is 16.2. The van der Waals surface area contributed by atoms with E-state index >= 15 is 0 Å². The van der Waals surface area contributed by atoms with E-state index in [2.05, 4.69) is 36.2 Å². The summed E-state index contributed by atoms with van der Waals surface area (Å²) in [6.45, 7) is 6.91. The van der Waals surface area contributed by atoms with Crippen LogP contribution in [0.4, 0.5) is 0 Å². The summed E-state index contributed by atoms with van der Waals surface area (Å²) in [7, 11) is 1.82. The highest BCUT2D eigenvalue weighted by Crippen LogP contribution is 2.22. The van der Waals surface area contributed by atoms with Gasteiger partial charge in [-0.2, -0.15) is 0 Å². The van der Waals surface area contributed by atoms with Crippen molar-refractivity contribution in [1.29, 1.82) is 0 Å². The molecule has 0 unspecified atom stereocenters. The molecule has 1 aromatic heterocycles. The lowest BCUT2D eigenvalue weighted by atomic mass is 10.1. The highest BCUT2D eigenvalue weighted by Gasteiger charge is 2.19. The summed E-state index contributed by atoms with van der Waals surface area (Å²) in [5.41, 5.74) is 4.27. The summed E-state index contributed by atoms with van der Waals surface area (Å²) in [4.78, 5) is 19.7. The Morgan fingerprint density at radius 3 is 2.22 bits per heavy atom. The number of hydrogen-bond acceptors (Lipinski definition) is 4. The van der Waals surface area contributed by atoms with Gasteiger partial charge in [0.1, 0.15) is 22.2 Å². The van der Waals surface area contributed by atoms with E-state index in [9.17, 15) is 4.79 Å². The molecule has 3 rings (SSSR count). The smallest absolute Gasteiger partial charge is 0.265 e. The van der Waals surface area contributed by atoms with Gasteiger partial charge in [0.2, 0.25) is 0 Å². The van der Waals surface area contributed by atoms with Gasteiger partial charge in [-0.15, -0.1) is 11.3 Å². The fourth-order valence-electron chi connectivity index (χ4n) is 2.70. The van der Waals surface area contributed by atoms with E-state index in [1.807, 2.05) is 45.2 Å². The van der Waals surface area contributed by atoms with Crippen LogP contribution in [0.2, 0.25) is 0 Å². The lowest BCUT2D eigenvalue weighted by Crippen LogP contribution is -2.26. The molecule has 0 aliphatic carbocycles. The molecule has 3 aromatic rings. The topological polar surface area (TPSA) is 42.4 Å². The number of ether oxygens (including phenoxy) is 1. The molecule has 1 heterocycles. The Kier molecular flexibility index (Phi) is 5.91. The molecule has 0 bridgehead atoms. The van der Waals surface area contributed by atoms with Crippen LogP contribution in [-0.2, 0) is 13.2 Å². The summed E-state index contributed by atoms with van der Waals surface area (Å²) in [5.74, 6) is 0.796. The van der Waals surface area contributed by atoms with Crippen molar-refractivity contribution in [2.45, 2.75) is 33.9 Å². The maximum atomic E-state index is 12.8. The molecule has 0 saturated carbocycles. The number of amides is 1. The first-order valence-electron chi connectivity index (χ1n) is 8.89. The molecule has 1 amide bonds. The predicted octanol–water partition coefficient (Wildman–Crippen LogP) is 4.92. The van der Waals surface area contributed by atoms with E-state index in [4.69, 9.17) is 4.74 Å². The highest BCUT2D eigenvalue weighted by atomic mass is 32.1. The van der Waals surface area contributed by atoms with Crippen LogP contribution < -0.4 is 4.74 Å². The third kappa shape index (κ3) is 4.95. The first kappa shape index (κ1) is 19.1. The second-order valence-electron chi connectivity index (χ2n) is 6.77. The average Bonchev–Trinajstić information content (AvgIpc) is 3.03. The third-order valence-electron chi connectivity index (χ3n) is 4.31. The summed E-state index contributed by atoms with van der Waals surface area (Å²) < 4.78 is 5.79. The monoisotopic (exact) mass is 380 g/mol. The number of nitrogens with zero attached hydrogens (tertiary/aromatic N) is 2. The number of benzene rings is 2. The van der Waals surface area contributed by atoms with Crippen LogP contribution in [0.5, 0.6) is 5.75 Å². The Morgan fingerprint density at radius 1 is 1.00 bits per heavy atom. The SMILES string of the molecule is Cc1ccc(CN(C)C(=O)c2sc(COc3ccc(C)cc3)nc2C)cc1. The Morgan fingerprint density at radius 2 is 1.59 bits per heavy atom. The molecular weight excluding hydrogens is 356 g/mol. The summed E-state index contributed by atoms with van der Waals surface area (Å²) in [6, 6.07) is 16.1. The number of carbonyl (C=O) groups is 1. The lowest BCUT2D eigenvalue weighted by Gasteiger charge is -2.16. The van der Waals surface area contributed by atoms with Crippen molar-refractivity contribution < 1.29 is 9.53 Å². The number of thiazole rings is 1. The van der Waals surface area contributed by atoms with Gasteiger partial charge in [-0.05, 0) is 38.5 Å². The van der Waals surface area contributed by atoms with Gasteiger partial charge in [-0.1, -0.05) is 47.5 Å². The second-order valence-corrected chi connectivity index (χ2v) is 7.85. The average molecular weight is 381 g/mol. The van der Waals surface area contributed by atoms with Gasteiger partial charge in [0, 0.05) is 13.6 Å². The highest BCUT2D eigenvalue weighted by molar-refractivity contribution is 7.13. The van der Waals surface area contributed by atoms with E-state index in [1.54, 1.807) is 4.90 Å². The van der Waals surface area contributed by atoms with Gasteiger partial charge in [-0.25, -0.2) is 4.98 Å². The number of aromatic nitrogens is 1. The molecule has 2 aromatic carbocycles. The molecule has 0 radical (unpaired) electrons. The molecule has 5 heteroatoms. The molecule has 0 spiro atoms. The molecular formula is C22H24N2O2S. The Labute approximate surface area is 164 Å². The predicted molar refractivity (Wildman–Crippen MR) is 109 cm³/mol. The molecule has 0 N–H and O–H groups in total. The molecule has 140 valence electrons. The van der Waals surface area contributed by atoms with Crippen LogP contribution in [-0.4, -0.2) is 22.8 Å². The summed E-state index contributed by atoms with van der Waals surface area (Å²) >= 11 is 1.40. The first-order chi connectivity index (χ1) is 12.9. The summed E-state index contributed by atoms with van der Waals surface area (Å²) in [6.07, 6.45) is 0. The molecule has 0 fully saturated rings. The number of hydrogen-bond donors (Lipinski definition) is 0. The van der Waals surface area contributed by atoms with Gasteiger partial charge < -0.3 is 9.64 Å². The van der Waals surface area contributed by atoms with Crippen molar-refractivity contribution in [1.82, 2.24) is 9.88 Å². The normalized spacial score (nSPS) is 10.7. The minimum Gasteiger partial charge on any atom is -0.486 e. The second kappa shape index (κ2) is 8.35. The van der Waals surface area contributed by atoms with Crippen molar-refractivity contribution in [2.75, 3.05) is 7.05 Å². The molecule has 0 aliphatic rings. The van der Waals surface area contributed by atoms with E-state index in [-0.39, 0.29) is 5.91 Å². The maximum absolute atomic E-state index is 12.8. The van der Waals surface area contributed by atoms with Crippen molar-refractivity contribution in [3.05, 3.63) is 80.8 Å². The molecule has 4 nitrogen and oxygen atoms in total. The minimum absolute atomic E-state index is 0.00726. The van der Waals surface area contributed by atoms with Gasteiger partial charge in [0.15, 0.2) is 0 Å². The number of rotatable bonds is 6. The van der Waals surface area contributed by atoms with Crippen LogP contribution in [0.15, 0.2) is 48.5 Å². The van der Waals surface area contributed by atoms with E-state index < -0.39 is 0 Å². The molecule has 0 saturated heterocycles. The largest absolute Gasteiger partial charge is 0.486 e. The quantitative estimate of drug-likeness (QED) is 0.610. The van der Waals surface area contributed by atoms with E-state index in [0.717, 1.165) is 22.0 Å². The zero-order valence-corrected chi connectivity index (χ0v) is 17.0. The molecule has 0 aliphatic heterocycles. The van der Waals surface area contributed by atoms with Gasteiger partial charge >= 0.3 is 0 Å². The summed E-state index contributed by atoms with van der Waals surface area (Å²) in [5, 5.41) is 0.806. The van der Waals surface area contributed by atoms with Gasteiger partial charge in [0.05, 0.1) is 5.69 Å². The Balaban J connectivity index is 1.64. The Bertz CT molecular complexity index is 914. The van der Waals surface area contributed by atoms with Crippen LogP contribution in [0, 0.1) is 20.8 Å². The standard InChI is InChI=1S/C22H24N2O2S/c1-15-5-9-18(10-6-15)13-24(4)22(25)21-17(3)23-20(27-21)14-26-19-11-7-16(2)8-12-19/h5-12H,13-14H2,1-4H3. The van der Waals surface area contributed by atoms with Crippen LogP contribution in [0.1, 0.15) is 37.1 Å². The lowest BCUT2D eigenvalue weighted by molar-refractivity contribution is 0.0789. The Hall–Kier alpha value is -2.66. The molecule has 27 heavy (non-hydrogen) atoms. The fraction of sp³-hybridized carbons (Fsp3) is 0.273. The first-order valence-corrected chi connectivity index (χ1v) is 9.71. The van der Waals surface area contributed by atoms with E-state index in [0.29, 0.717) is 18.0 Å². The van der Waals surface area contributed by atoms with Crippen molar-refractivity contribution in [3.63, 3.8) is 0 Å². The van der Waals surface area contributed by atoms with Crippen LogP contribution in [0.25, 0.3) is 0 Å². The van der Waals surface area contributed by atoms with Crippen molar-refractivity contribution in [3.8, 4) is 5.75 Å². The zero-order chi connectivity index (χ0) is 19.4. The maximum Gasteiger partial charge on any atom is 0.265 e. The van der Waals surface area contributed by atoms with Crippen LogP contribution in [0.3, 0.4) is 0 Å². The van der Waals surface area contributed by atoms with Crippen molar-refractivity contribution >= 4 is 17.2 Å². The minimum atomic E-state index is -0.00726. The third-order valence-corrected chi connectivity index (χ3v) is 5.42. The van der Waals surface area contributed by atoms with Crippen LogP contribution >= 0.6 is 11.3 Å². The van der Waals surface area contributed by atoms with Crippen molar-refractivity contribution in [2.24, 2.45) is 0 Å². The fourth-order valence-corrected chi connectivity index (χ4v) is 3.68.